The van der Waals surface area contributed by atoms with Crippen LogP contribution in [0.5, 0.6) is 0 Å². The van der Waals surface area contributed by atoms with Crippen molar-refractivity contribution in [3.8, 4) is 0 Å². The van der Waals surface area contributed by atoms with Gasteiger partial charge in [0.05, 0.1) is 13.0 Å². The van der Waals surface area contributed by atoms with Gasteiger partial charge in [-0.2, -0.15) is 0 Å². The fourth-order valence-corrected chi connectivity index (χ4v) is 2.71. The Morgan fingerprint density at radius 3 is 2.95 bits per heavy atom. The summed E-state index contributed by atoms with van der Waals surface area (Å²) in [5.74, 6) is -0.157. The van der Waals surface area contributed by atoms with E-state index >= 15 is 0 Å². The van der Waals surface area contributed by atoms with Crippen molar-refractivity contribution < 1.29 is 9.53 Å². The van der Waals surface area contributed by atoms with E-state index in [1.165, 1.54) is 11.3 Å². The van der Waals surface area contributed by atoms with Crippen LogP contribution in [0.3, 0.4) is 0 Å². The second-order valence-electron chi connectivity index (χ2n) is 5.40. The van der Waals surface area contributed by atoms with Gasteiger partial charge in [0.25, 0.3) is 0 Å². The van der Waals surface area contributed by atoms with Crippen LogP contribution in [0.2, 0.25) is 0 Å². The second-order valence-corrected chi connectivity index (χ2v) is 5.40. The Hall–Kier alpha value is -1.55. The molecule has 1 aromatic rings. The van der Waals surface area contributed by atoms with Gasteiger partial charge in [0, 0.05) is 31.4 Å². The normalized spacial score (nSPS) is 18.9. The summed E-state index contributed by atoms with van der Waals surface area (Å²) in [6.45, 7) is 9.66. The van der Waals surface area contributed by atoms with Gasteiger partial charge in [-0.1, -0.05) is 12.1 Å². The third-order valence-corrected chi connectivity index (χ3v) is 3.62. The Balaban J connectivity index is 2.07. The number of benzene rings is 1. The molecular formula is C16H24N2O2. The number of anilines is 1. The third kappa shape index (κ3) is 3.73. The fourth-order valence-electron chi connectivity index (χ4n) is 2.71. The van der Waals surface area contributed by atoms with Crippen LogP contribution in [-0.2, 0) is 16.0 Å². The first-order valence-electron chi connectivity index (χ1n) is 7.33. The molecule has 1 aromatic carbocycles. The molecule has 0 unspecified atom stereocenters. The SMILES string of the molecule is CCOC(=O)Cc1ccc(N2CCN[C@@H](C)C2)c(C)c1. The van der Waals surface area contributed by atoms with Gasteiger partial charge in [0.1, 0.15) is 0 Å². The Labute approximate surface area is 121 Å². The molecule has 1 heterocycles. The largest absolute Gasteiger partial charge is 0.466 e. The number of ether oxygens (including phenoxy) is 1. The number of piperazine rings is 1. The molecule has 0 saturated carbocycles. The maximum Gasteiger partial charge on any atom is 0.310 e. The van der Waals surface area contributed by atoms with E-state index in [0.29, 0.717) is 19.1 Å². The number of esters is 1. The van der Waals surface area contributed by atoms with Crippen LogP contribution < -0.4 is 10.2 Å². The van der Waals surface area contributed by atoms with Gasteiger partial charge in [-0.05, 0) is 38.0 Å². The van der Waals surface area contributed by atoms with Gasteiger partial charge in [-0.15, -0.1) is 0 Å². The van der Waals surface area contributed by atoms with Crippen molar-refractivity contribution in [1.82, 2.24) is 5.32 Å². The molecule has 20 heavy (non-hydrogen) atoms. The van der Waals surface area contributed by atoms with Gasteiger partial charge in [-0.25, -0.2) is 0 Å². The predicted molar refractivity (Wildman–Crippen MR) is 81.2 cm³/mol. The lowest BCUT2D eigenvalue weighted by molar-refractivity contribution is -0.142. The number of aryl methyl sites for hydroxylation is 1. The van der Waals surface area contributed by atoms with E-state index in [0.717, 1.165) is 25.2 Å². The quantitative estimate of drug-likeness (QED) is 0.853. The Morgan fingerprint density at radius 1 is 1.50 bits per heavy atom. The van der Waals surface area contributed by atoms with Gasteiger partial charge < -0.3 is 15.0 Å². The third-order valence-electron chi connectivity index (χ3n) is 3.62. The zero-order valence-electron chi connectivity index (χ0n) is 12.6. The Kier molecular flexibility index (Phi) is 5.01. The highest BCUT2D eigenvalue weighted by Gasteiger charge is 2.17. The second kappa shape index (κ2) is 6.75. The Bertz CT molecular complexity index is 474. The van der Waals surface area contributed by atoms with E-state index in [2.05, 4.69) is 36.2 Å². The molecule has 1 aliphatic rings. The molecule has 4 nitrogen and oxygen atoms in total. The average molecular weight is 276 g/mol. The molecule has 0 spiro atoms. The zero-order valence-corrected chi connectivity index (χ0v) is 12.6. The molecule has 0 aliphatic carbocycles. The van der Waals surface area contributed by atoms with Crippen molar-refractivity contribution in [2.45, 2.75) is 33.2 Å². The molecule has 0 amide bonds. The van der Waals surface area contributed by atoms with Crippen molar-refractivity contribution in [1.29, 1.82) is 0 Å². The monoisotopic (exact) mass is 276 g/mol. The number of hydrogen-bond donors (Lipinski definition) is 1. The molecule has 4 heteroatoms. The molecule has 0 radical (unpaired) electrons. The maximum atomic E-state index is 11.5. The minimum absolute atomic E-state index is 0.157. The smallest absolute Gasteiger partial charge is 0.310 e. The highest BCUT2D eigenvalue weighted by molar-refractivity contribution is 5.73. The van der Waals surface area contributed by atoms with Crippen LogP contribution in [0, 0.1) is 6.92 Å². The minimum Gasteiger partial charge on any atom is -0.466 e. The summed E-state index contributed by atoms with van der Waals surface area (Å²) in [4.78, 5) is 13.9. The summed E-state index contributed by atoms with van der Waals surface area (Å²) >= 11 is 0. The van der Waals surface area contributed by atoms with E-state index in [1.807, 2.05) is 13.0 Å². The highest BCUT2D eigenvalue weighted by atomic mass is 16.5. The van der Waals surface area contributed by atoms with Crippen LogP contribution in [0.15, 0.2) is 18.2 Å². The number of nitrogens with one attached hydrogen (secondary N) is 1. The highest BCUT2D eigenvalue weighted by Crippen LogP contribution is 2.22. The molecule has 1 aliphatic heterocycles. The molecule has 1 saturated heterocycles. The molecule has 0 bridgehead atoms. The van der Waals surface area contributed by atoms with Gasteiger partial charge >= 0.3 is 5.97 Å². The summed E-state index contributed by atoms with van der Waals surface area (Å²) in [6, 6.07) is 6.77. The van der Waals surface area contributed by atoms with Gasteiger partial charge in [0.15, 0.2) is 0 Å². The van der Waals surface area contributed by atoms with Crippen molar-refractivity contribution in [3.63, 3.8) is 0 Å². The van der Waals surface area contributed by atoms with E-state index in [9.17, 15) is 4.79 Å². The number of nitrogens with zero attached hydrogens (tertiary/aromatic N) is 1. The molecular weight excluding hydrogens is 252 g/mol. The van der Waals surface area contributed by atoms with Crippen molar-refractivity contribution in [3.05, 3.63) is 29.3 Å². The number of carbonyl (C=O) groups excluding carboxylic acids is 1. The van der Waals surface area contributed by atoms with Crippen molar-refractivity contribution in [2.75, 3.05) is 31.1 Å². The fraction of sp³-hybridized carbons (Fsp3) is 0.562. The zero-order chi connectivity index (χ0) is 14.5. The van der Waals surface area contributed by atoms with Crippen LogP contribution in [-0.4, -0.2) is 38.3 Å². The first-order chi connectivity index (χ1) is 9.60. The average Bonchev–Trinajstić information content (AvgIpc) is 2.39. The lowest BCUT2D eigenvalue weighted by Gasteiger charge is -2.34. The lowest BCUT2D eigenvalue weighted by atomic mass is 10.1. The van der Waals surface area contributed by atoms with Gasteiger partial charge in [-0.3, -0.25) is 4.79 Å². The van der Waals surface area contributed by atoms with Crippen LogP contribution in [0.1, 0.15) is 25.0 Å². The molecule has 1 atom stereocenters. The minimum atomic E-state index is -0.157. The summed E-state index contributed by atoms with van der Waals surface area (Å²) < 4.78 is 4.99. The van der Waals surface area contributed by atoms with E-state index < -0.39 is 0 Å². The van der Waals surface area contributed by atoms with E-state index in [1.54, 1.807) is 0 Å². The molecule has 1 N–H and O–H groups in total. The predicted octanol–water partition coefficient (Wildman–Crippen LogP) is 1.90. The first-order valence-corrected chi connectivity index (χ1v) is 7.33. The van der Waals surface area contributed by atoms with Gasteiger partial charge in [0.2, 0.25) is 0 Å². The molecule has 2 rings (SSSR count). The number of hydrogen-bond acceptors (Lipinski definition) is 4. The number of rotatable bonds is 4. The van der Waals surface area contributed by atoms with Crippen LogP contribution in [0.4, 0.5) is 5.69 Å². The van der Waals surface area contributed by atoms with Crippen molar-refractivity contribution >= 4 is 11.7 Å². The summed E-state index contributed by atoms with van der Waals surface area (Å²) in [6.07, 6.45) is 0.354. The summed E-state index contributed by atoms with van der Waals surface area (Å²) in [5, 5.41) is 3.45. The standard InChI is InChI=1S/C16H24N2O2/c1-4-20-16(19)10-14-5-6-15(12(2)9-14)18-8-7-17-13(3)11-18/h5-6,9,13,17H,4,7-8,10-11H2,1-3H3/t13-/m0/s1. The van der Waals surface area contributed by atoms with Crippen LogP contribution >= 0.6 is 0 Å². The molecule has 110 valence electrons. The number of carbonyl (C=O) groups is 1. The summed E-state index contributed by atoms with van der Waals surface area (Å²) in [5.41, 5.74) is 3.51. The molecule has 1 fully saturated rings. The maximum absolute atomic E-state index is 11.5. The molecule has 0 aromatic heterocycles. The van der Waals surface area contributed by atoms with Crippen molar-refractivity contribution in [2.24, 2.45) is 0 Å². The van der Waals surface area contributed by atoms with Crippen LogP contribution in [0.25, 0.3) is 0 Å². The first kappa shape index (κ1) is 14.9. The van der Waals surface area contributed by atoms with E-state index in [4.69, 9.17) is 4.74 Å². The Morgan fingerprint density at radius 2 is 2.30 bits per heavy atom. The topological polar surface area (TPSA) is 41.6 Å². The van der Waals surface area contributed by atoms with E-state index in [-0.39, 0.29) is 5.97 Å². The lowest BCUT2D eigenvalue weighted by Crippen LogP contribution is -2.49. The summed E-state index contributed by atoms with van der Waals surface area (Å²) in [7, 11) is 0.